The van der Waals surface area contributed by atoms with Gasteiger partial charge in [0.2, 0.25) is 0 Å². The van der Waals surface area contributed by atoms with Crippen LogP contribution in [0, 0.1) is 0 Å². The second-order valence-electron chi connectivity index (χ2n) is 4.08. The average molecular weight is 253 g/mol. The Balaban J connectivity index is 4.50. The Bertz CT molecular complexity index is 416. The molecule has 0 bridgehead atoms. The van der Waals surface area contributed by atoms with Crippen LogP contribution < -0.4 is 5.32 Å². The number of rotatable bonds is 5. The van der Waals surface area contributed by atoms with Crippen molar-refractivity contribution in [3.05, 3.63) is 47.5 Å². The summed E-state index contributed by atoms with van der Waals surface area (Å²) in [7, 11) is 0. The summed E-state index contributed by atoms with van der Waals surface area (Å²) in [6.07, 6.45) is 0.866. The molecule has 3 nitrogen and oxygen atoms in total. The van der Waals surface area contributed by atoms with Crippen LogP contribution in [-0.4, -0.2) is 12.7 Å². The van der Waals surface area contributed by atoms with Gasteiger partial charge in [0.05, 0.1) is 0 Å². The third kappa shape index (κ3) is 5.48. The van der Waals surface area contributed by atoms with E-state index in [0.29, 0.717) is 5.70 Å². The van der Waals surface area contributed by atoms with Gasteiger partial charge >= 0.3 is 6.09 Å². The highest BCUT2D eigenvalue weighted by atomic mass is 19.1. The van der Waals surface area contributed by atoms with Crippen molar-refractivity contribution in [2.75, 3.05) is 6.61 Å². The quantitative estimate of drug-likeness (QED) is 0.752. The molecular weight excluding hydrogens is 233 g/mol. The fourth-order valence-electron chi connectivity index (χ4n) is 1.26. The first-order valence-corrected chi connectivity index (χ1v) is 5.56. The maximum atomic E-state index is 12.8. The van der Waals surface area contributed by atoms with E-state index in [9.17, 15) is 9.18 Å². The van der Waals surface area contributed by atoms with E-state index >= 15 is 0 Å². The van der Waals surface area contributed by atoms with Crippen molar-refractivity contribution in [2.24, 2.45) is 0 Å². The van der Waals surface area contributed by atoms with Crippen molar-refractivity contribution in [3.8, 4) is 0 Å². The monoisotopic (exact) mass is 253 g/mol. The van der Waals surface area contributed by atoms with Gasteiger partial charge in [-0.25, -0.2) is 9.18 Å². The summed E-state index contributed by atoms with van der Waals surface area (Å²) in [5, 5.41) is 2.57. The van der Waals surface area contributed by atoms with E-state index in [1.165, 1.54) is 6.08 Å². The van der Waals surface area contributed by atoms with Crippen LogP contribution in [0.3, 0.4) is 0 Å². The summed E-state index contributed by atoms with van der Waals surface area (Å²) in [5.74, 6) is -0.604. The Morgan fingerprint density at radius 2 is 1.89 bits per heavy atom. The minimum absolute atomic E-state index is 0.149. The lowest BCUT2D eigenvalue weighted by Gasteiger charge is -2.12. The molecule has 1 amide bonds. The lowest BCUT2D eigenvalue weighted by atomic mass is 10.1. The maximum absolute atomic E-state index is 12.8. The van der Waals surface area contributed by atoms with Gasteiger partial charge in [-0.3, -0.25) is 5.32 Å². The molecule has 0 saturated carbocycles. The Labute approximate surface area is 108 Å². The lowest BCUT2D eigenvalue weighted by Crippen LogP contribution is -2.25. The maximum Gasteiger partial charge on any atom is 0.411 e. The van der Waals surface area contributed by atoms with E-state index in [4.69, 9.17) is 4.74 Å². The molecule has 0 saturated heterocycles. The Kier molecular flexibility index (Phi) is 6.71. The van der Waals surface area contributed by atoms with Gasteiger partial charge in [-0.1, -0.05) is 24.8 Å². The van der Waals surface area contributed by atoms with Gasteiger partial charge in [0.25, 0.3) is 0 Å². The molecule has 0 unspecified atom stereocenters. The number of ether oxygens (including phenoxy) is 1. The van der Waals surface area contributed by atoms with E-state index in [1.807, 2.05) is 13.8 Å². The van der Waals surface area contributed by atoms with E-state index in [2.05, 4.69) is 18.5 Å². The lowest BCUT2D eigenvalue weighted by molar-refractivity contribution is 0.158. The third-order valence-electron chi connectivity index (χ3n) is 2.21. The number of hydrogen-bond acceptors (Lipinski definition) is 2. The number of hydrogen-bond donors (Lipinski definition) is 1. The predicted octanol–water partition coefficient (Wildman–Crippen LogP) is 4.01. The van der Waals surface area contributed by atoms with Crippen molar-refractivity contribution >= 4 is 6.09 Å². The van der Waals surface area contributed by atoms with Gasteiger partial charge in [0, 0.05) is 11.3 Å². The van der Waals surface area contributed by atoms with E-state index in [-0.39, 0.29) is 12.2 Å². The van der Waals surface area contributed by atoms with E-state index in [0.717, 1.165) is 11.1 Å². The Hall–Kier alpha value is -1.84. The molecule has 100 valence electrons. The molecule has 0 aromatic carbocycles. The second kappa shape index (κ2) is 7.48. The molecule has 0 spiro atoms. The summed E-state index contributed by atoms with van der Waals surface area (Å²) in [5.41, 5.74) is 2.52. The van der Waals surface area contributed by atoms with Gasteiger partial charge in [0.15, 0.2) is 0 Å². The first-order chi connectivity index (χ1) is 8.29. The molecule has 0 aliphatic rings. The van der Waals surface area contributed by atoms with Crippen LogP contribution in [0.15, 0.2) is 47.5 Å². The fourth-order valence-corrected chi connectivity index (χ4v) is 1.26. The predicted molar refractivity (Wildman–Crippen MR) is 71.7 cm³/mol. The zero-order chi connectivity index (χ0) is 14.3. The summed E-state index contributed by atoms with van der Waals surface area (Å²) >= 11 is 0. The molecule has 0 aromatic rings. The second-order valence-corrected chi connectivity index (χ2v) is 4.08. The number of alkyl carbamates (subject to hydrolysis) is 1. The molecule has 0 aliphatic heterocycles. The molecule has 0 fully saturated rings. The fraction of sp³-hybridized carbons (Fsp3) is 0.357. The molecular formula is C14H20FNO2. The highest BCUT2D eigenvalue weighted by Crippen LogP contribution is 2.11. The Morgan fingerprint density at radius 1 is 1.33 bits per heavy atom. The van der Waals surface area contributed by atoms with Crippen LogP contribution in [0.2, 0.25) is 0 Å². The first-order valence-electron chi connectivity index (χ1n) is 5.56. The van der Waals surface area contributed by atoms with Gasteiger partial charge < -0.3 is 4.74 Å². The van der Waals surface area contributed by atoms with Crippen molar-refractivity contribution in [2.45, 2.75) is 27.7 Å². The summed E-state index contributed by atoms with van der Waals surface area (Å²) < 4.78 is 17.7. The van der Waals surface area contributed by atoms with Crippen LogP contribution in [-0.2, 0) is 4.74 Å². The molecule has 0 radical (unpaired) electrons. The number of halogens is 1. The largest absolute Gasteiger partial charge is 0.444 e. The molecule has 0 aliphatic carbocycles. The average Bonchev–Trinajstić information content (AvgIpc) is 2.25. The van der Waals surface area contributed by atoms with Crippen LogP contribution in [0.5, 0.6) is 0 Å². The van der Waals surface area contributed by atoms with Gasteiger partial charge in [-0.15, -0.1) is 0 Å². The zero-order valence-electron chi connectivity index (χ0n) is 11.4. The molecule has 1 N–H and O–H groups in total. The molecule has 0 heterocycles. The molecule has 4 heteroatoms. The van der Waals surface area contributed by atoms with Gasteiger partial charge in [-0.05, 0) is 33.3 Å². The smallest absolute Gasteiger partial charge is 0.411 e. The molecule has 0 aromatic heterocycles. The van der Waals surface area contributed by atoms with Crippen LogP contribution in [0.1, 0.15) is 27.7 Å². The number of nitrogens with one attached hydrogen (secondary N) is 1. The summed E-state index contributed by atoms with van der Waals surface area (Å²) in [4.78, 5) is 11.5. The zero-order valence-corrected chi connectivity index (χ0v) is 11.4. The van der Waals surface area contributed by atoms with E-state index < -0.39 is 11.9 Å². The van der Waals surface area contributed by atoms with Crippen LogP contribution in [0.25, 0.3) is 0 Å². The molecule has 0 atom stereocenters. The first kappa shape index (κ1) is 16.2. The standard InChI is InChI=1S/C14H20FNO2/c1-7-12(11(6)15)8-18-14(17)16-13(9(2)3)10(4)5/h7H,2,6,8H2,1,3-5H3,(H,16,17)/b12-7-. The van der Waals surface area contributed by atoms with Crippen LogP contribution >= 0.6 is 0 Å². The SMILES string of the molecule is C=C(C)C(NC(=O)OC/C(=C/C)C(=C)F)=C(C)C. The highest BCUT2D eigenvalue weighted by Gasteiger charge is 2.09. The highest BCUT2D eigenvalue weighted by molar-refractivity contribution is 5.71. The Morgan fingerprint density at radius 3 is 2.22 bits per heavy atom. The van der Waals surface area contributed by atoms with Gasteiger partial charge in [-0.2, -0.15) is 0 Å². The normalized spacial score (nSPS) is 10.6. The number of carbonyl (C=O) groups is 1. The minimum atomic E-state index is -0.644. The van der Waals surface area contributed by atoms with Crippen molar-refractivity contribution < 1.29 is 13.9 Å². The van der Waals surface area contributed by atoms with E-state index in [1.54, 1.807) is 13.8 Å². The number of amides is 1. The number of carbonyl (C=O) groups excluding carboxylic acids is 1. The topological polar surface area (TPSA) is 38.3 Å². The van der Waals surface area contributed by atoms with Crippen molar-refractivity contribution in [3.63, 3.8) is 0 Å². The summed E-state index contributed by atoms with van der Waals surface area (Å²) in [6, 6.07) is 0. The number of allylic oxidation sites excluding steroid dienone is 3. The van der Waals surface area contributed by atoms with Gasteiger partial charge in [0.1, 0.15) is 12.4 Å². The third-order valence-corrected chi connectivity index (χ3v) is 2.21. The molecule has 18 heavy (non-hydrogen) atoms. The van der Waals surface area contributed by atoms with Crippen LogP contribution in [0.4, 0.5) is 9.18 Å². The van der Waals surface area contributed by atoms with Crippen molar-refractivity contribution in [1.82, 2.24) is 5.32 Å². The van der Waals surface area contributed by atoms with Crippen molar-refractivity contribution in [1.29, 1.82) is 0 Å². The molecule has 0 rings (SSSR count). The minimum Gasteiger partial charge on any atom is -0.444 e. The summed E-state index contributed by atoms with van der Waals surface area (Å²) in [6.45, 7) is 13.9.